The zero-order valence-electron chi connectivity index (χ0n) is 14.3. The Morgan fingerprint density at radius 2 is 1.78 bits per heavy atom. The molecule has 27 heavy (non-hydrogen) atoms. The number of carbonyl (C=O) groups excluding carboxylic acids is 1. The van der Waals surface area contributed by atoms with E-state index in [2.05, 4.69) is 10.3 Å². The smallest absolute Gasteiger partial charge is 0.250 e. The first kappa shape index (κ1) is 16.9. The molecule has 0 bridgehead atoms. The number of anilines is 1. The van der Waals surface area contributed by atoms with Gasteiger partial charge in [-0.05, 0) is 18.2 Å². The third-order valence-electron chi connectivity index (χ3n) is 3.89. The lowest BCUT2D eigenvalue weighted by Crippen LogP contribution is -2.07. The molecule has 4 aromatic rings. The molecule has 1 N–H and O–H groups in total. The average Bonchev–Trinajstić information content (AvgIpc) is 3.37. The Morgan fingerprint density at radius 3 is 2.48 bits per heavy atom. The van der Waals surface area contributed by atoms with Crippen molar-refractivity contribution < 1.29 is 4.79 Å². The molecule has 6 heteroatoms. The third kappa shape index (κ3) is 4.02. The first-order valence-electron chi connectivity index (χ1n) is 8.39. The Labute approximate surface area is 160 Å². The Balaban J connectivity index is 1.67. The summed E-state index contributed by atoms with van der Waals surface area (Å²) in [6.07, 6.45) is 6.85. The van der Waals surface area contributed by atoms with E-state index in [1.54, 1.807) is 12.3 Å². The summed E-state index contributed by atoms with van der Waals surface area (Å²) in [6.45, 7) is 0. The second-order valence-corrected chi connectivity index (χ2v) is 6.63. The van der Waals surface area contributed by atoms with Gasteiger partial charge in [-0.3, -0.25) is 10.1 Å². The number of thiazole rings is 1. The van der Waals surface area contributed by atoms with Crippen LogP contribution in [0.1, 0.15) is 5.56 Å². The summed E-state index contributed by atoms with van der Waals surface area (Å²) in [7, 11) is 0. The van der Waals surface area contributed by atoms with E-state index in [9.17, 15) is 4.79 Å². The zero-order chi connectivity index (χ0) is 18.5. The van der Waals surface area contributed by atoms with E-state index in [4.69, 9.17) is 5.10 Å². The van der Waals surface area contributed by atoms with Crippen molar-refractivity contribution in [1.82, 2.24) is 14.8 Å². The molecule has 0 aliphatic carbocycles. The highest BCUT2D eigenvalue weighted by Gasteiger charge is 2.10. The van der Waals surface area contributed by atoms with Gasteiger partial charge in [0.25, 0.3) is 0 Å². The lowest BCUT2D eigenvalue weighted by atomic mass is 10.1. The van der Waals surface area contributed by atoms with Crippen molar-refractivity contribution in [2.45, 2.75) is 0 Å². The van der Waals surface area contributed by atoms with Crippen molar-refractivity contribution in [2.75, 3.05) is 5.32 Å². The van der Waals surface area contributed by atoms with Gasteiger partial charge in [-0.15, -0.1) is 11.3 Å². The van der Waals surface area contributed by atoms with Gasteiger partial charge < -0.3 is 0 Å². The normalized spacial score (nSPS) is 11.0. The SMILES string of the molecule is O=C(/C=C/c1cn(-c2ccccc2)nc1-c1ccccc1)Nc1nccs1. The number of nitrogens with zero attached hydrogens (tertiary/aromatic N) is 3. The van der Waals surface area contributed by atoms with Crippen LogP contribution < -0.4 is 5.32 Å². The number of hydrogen-bond acceptors (Lipinski definition) is 4. The number of carbonyl (C=O) groups is 1. The molecule has 0 saturated heterocycles. The molecule has 0 fully saturated rings. The molecule has 0 radical (unpaired) electrons. The summed E-state index contributed by atoms with van der Waals surface area (Å²) >= 11 is 1.38. The molecule has 5 nitrogen and oxygen atoms in total. The molecule has 0 spiro atoms. The van der Waals surface area contributed by atoms with E-state index in [-0.39, 0.29) is 5.91 Å². The minimum atomic E-state index is -0.226. The van der Waals surface area contributed by atoms with Crippen LogP contribution in [0.4, 0.5) is 5.13 Å². The molecule has 0 saturated carbocycles. The van der Waals surface area contributed by atoms with Gasteiger partial charge in [0.05, 0.1) is 11.4 Å². The van der Waals surface area contributed by atoms with Crippen molar-refractivity contribution in [2.24, 2.45) is 0 Å². The quantitative estimate of drug-likeness (QED) is 0.519. The van der Waals surface area contributed by atoms with Gasteiger partial charge in [0, 0.05) is 35.0 Å². The highest BCUT2D eigenvalue weighted by atomic mass is 32.1. The molecule has 132 valence electrons. The van der Waals surface area contributed by atoms with Crippen LogP contribution in [-0.2, 0) is 4.79 Å². The van der Waals surface area contributed by atoms with Crippen LogP contribution in [0, 0.1) is 0 Å². The molecule has 4 rings (SSSR count). The summed E-state index contributed by atoms with van der Waals surface area (Å²) < 4.78 is 1.82. The lowest BCUT2D eigenvalue weighted by molar-refractivity contribution is -0.111. The van der Waals surface area contributed by atoms with Gasteiger partial charge >= 0.3 is 0 Å². The predicted octanol–water partition coefficient (Wildman–Crippen LogP) is 4.65. The monoisotopic (exact) mass is 372 g/mol. The molecule has 0 unspecified atom stereocenters. The van der Waals surface area contributed by atoms with Gasteiger partial charge in [-0.1, -0.05) is 48.5 Å². The number of benzene rings is 2. The van der Waals surface area contributed by atoms with Crippen molar-refractivity contribution in [3.05, 3.63) is 90.1 Å². The standard InChI is InChI=1S/C21H16N4OS/c26-19(23-21-22-13-14-27-21)12-11-17-15-25(18-9-5-2-6-10-18)24-20(17)16-7-3-1-4-8-16/h1-15H,(H,22,23,26)/b12-11+. The maximum absolute atomic E-state index is 12.1. The molecule has 0 atom stereocenters. The summed E-state index contributed by atoms with van der Waals surface area (Å²) in [4.78, 5) is 16.2. The van der Waals surface area contributed by atoms with Crippen LogP contribution >= 0.6 is 11.3 Å². The van der Waals surface area contributed by atoms with E-state index in [0.717, 1.165) is 22.5 Å². The highest BCUT2D eigenvalue weighted by Crippen LogP contribution is 2.24. The van der Waals surface area contributed by atoms with Crippen LogP contribution in [0.5, 0.6) is 0 Å². The van der Waals surface area contributed by atoms with E-state index in [1.165, 1.54) is 17.4 Å². The second kappa shape index (κ2) is 7.80. The first-order chi connectivity index (χ1) is 13.3. The summed E-state index contributed by atoms with van der Waals surface area (Å²) in [5.41, 5.74) is 3.63. The zero-order valence-corrected chi connectivity index (χ0v) is 15.1. The summed E-state index contributed by atoms with van der Waals surface area (Å²) in [5, 5.41) is 9.87. The minimum Gasteiger partial charge on any atom is -0.298 e. The molecule has 1 amide bonds. The third-order valence-corrected chi connectivity index (χ3v) is 4.58. The van der Waals surface area contributed by atoms with Crippen LogP contribution in [0.2, 0.25) is 0 Å². The Hall–Kier alpha value is -3.51. The first-order valence-corrected chi connectivity index (χ1v) is 9.26. The van der Waals surface area contributed by atoms with Gasteiger partial charge in [-0.2, -0.15) is 5.10 Å². The van der Waals surface area contributed by atoms with E-state index in [0.29, 0.717) is 5.13 Å². The predicted molar refractivity (Wildman–Crippen MR) is 109 cm³/mol. The number of nitrogens with one attached hydrogen (secondary N) is 1. The van der Waals surface area contributed by atoms with Gasteiger partial charge in [0.15, 0.2) is 5.13 Å². The number of rotatable bonds is 5. The largest absolute Gasteiger partial charge is 0.298 e. The van der Waals surface area contributed by atoms with E-state index in [1.807, 2.05) is 76.9 Å². The molecular weight excluding hydrogens is 356 g/mol. The van der Waals surface area contributed by atoms with Crippen LogP contribution in [0.25, 0.3) is 23.0 Å². The summed E-state index contributed by atoms with van der Waals surface area (Å²) in [5.74, 6) is -0.226. The Kier molecular flexibility index (Phi) is 4.89. The molecule has 0 aliphatic heterocycles. The van der Waals surface area contributed by atoms with E-state index < -0.39 is 0 Å². The fraction of sp³-hybridized carbons (Fsp3) is 0. The molecule has 2 heterocycles. The topological polar surface area (TPSA) is 59.8 Å². The van der Waals surface area contributed by atoms with Gasteiger partial charge in [0.1, 0.15) is 0 Å². The second-order valence-electron chi connectivity index (χ2n) is 5.74. The molecule has 2 aromatic heterocycles. The van der Waals surface area contributed by atoms with Crippen molar-refractivity contribution in [1.29, 1.82) is 0 Å². The van der Waals surface area contributed by atoms with Crippen LogP contribution in [-0.4, -0.2) is 20.7 Å². The summed E-state index contributed by atoms with van der Waals surface area (Å²) in [6, 6.07) is 19.8. The van der Waals surface area contributed by atoms with Crippen molar-refractivity contribution >= 4 is 28.5 Å². The maximum atomic E-state index is 12.1. The fourth-order valence-corrected chi connectivity index (χ4v) is 3.17. The lowest BCUT2D eigenvalue weighted by Gasteiger charge is -2.00. The number of amides is 1. The van der Waals surface area contributed by atoms with Gasteiger partial charge in [-0.25, -0.2) is 9.67 Å². The maximum Gasteiger partial charge on any atom is 0.250 e. The van der Waals surface area contributed by atoms with Crippen LogP contribution in [0.3, 0.4) is 0 Å². The number of aromatic nitrogens is 3. The molecular formula is C21H16N4OS. The van der Waals surface area contributed by atoms with Crippen molar-refractivity contribution in [3.8, 4) is 16.9 Å². The Morgan fingerprint density at radius 1 is 1.04 bits per heavy atom. The minimum absolute atomic E-state index is 0.226. The van der Waals surface area contributed by atoms with E-state index >= 15 is 0 Å². The van der Waals surface area contributed by atoms with Gasteiger partial charge in [0.2, 0.25) is 5.91 Å². The molecule has 0 aliphatic rings. The Bertz CT molecular complexity index is 1050. The number of para-hydroxylation sites is 1. The van der Waals surface area contributed by atoms with Crippen LogP contribution in [0.15, 0.2) is 84.5 Å². The molecule has 2 aromatic carbocycles. The fourth-order valence-electron chi connectivity index (χ4n) is 2.64. The average molecular weight is 372 g/mol. The highest BCUT2D eigenvalue weighted by molar-refractivity contribution is 7.13. The van der Waals surface area contributed by atoms with Crippen molar-refractivity contribution in [3.63, 3.8) is 0 Å². The number of hydrogen-bond donors (Lipinski definition) is 1.